The second kappa shape index (κ2) is 8.55. The van der Waals surface area contributed by atoms with Gasteiger partial charge in [-0.2, -0.15) is 0 Å². The molecule has 28 heavy (non-hydrogen) atoms. The molecule has 2 aromatic carbocycles. The minimum absolute atomic E-state index is 0. The fraction of sp³-hybridized carbons (Fsp3) is 0.222. The Morgan fingerprint density at radius 2 is 1.93 bits per heavy atom. The van der Waals surface area contributed by atoms with Crippen molar-refractivity contribution in [3.63, 3.8) is 0 Å². The first kappa shape index (κ1) is 21.6. The Labute approximate surface area is 171 Å². The molecule has 0 aliphatic rings. The number of nitrogens with zero attached hydrogens (tertiary/aromatic N) is 2. The number of nitrogens with one attached hydrogen (secondary N) is 2. The van der Waals surface area contributed by atoms with Crippen molar-refractivity contribution in [2.45, 2.75) is 0 Å². The summed E-state index contributed by atoms with van der Waals surface area (Å²) in [6.45, 7) is 1.09. The number of pyridine rings is 1. The summed E-state index contributed by atoms with van der Waals surface area (Å²) in [4.78, 5) is 40.7. The van der Waals surface area contributed by atoms with E-state index in [4.69, 9.17) is 11.6 Å². The van der Waals surface area contributed by atoms with Gasteiger partial charge in [0.15, 0.2) is 5.43 Å². The van der Waals surface area contributed by atoms with Crippen molar-refractivity contribution in [2.24, 2.45) is 0 Å². The number of aromatic amines is 1. The number of likely N-dealkylation sites (N-methyl/N-ethyl adjacent to an activating group) is 1. The van der Waals surface area contributed by atoms with Gasteiger partial charge in [-0.05, 0) is 32.3 Å². The third kappa shape index (κ3) is 4.09. The average Bonchev–Trinajstić information content (AvgIpc) is 2.61. The summed E-state index contributed by atoms with van der Waals surface area (Å²) in [7, 11) is 3.78. The van der Waals surface area contributed by atoms with E-state index in [0.717, 1.165) is 0 Å². The molecule has 1 heterocycles. The first-order valence-corrected chi connectivity index (χ1v) is 8.53. The summed E-state index contributed by atoms with van der Waals surface area (Å²) in [5.41, 5.74) is 0.434. The Morgan fingerprint density at radius 3 is 2.57 bits per heavy atom. The molecule has 0 aliphatic heterocycles. The fourth-order valence-corrected chi connectivity index (χ4v) is 3.12. The first-order valence-electron chi connectivity index (χ1n) is 8.15. The largest absolute Gasteiger partial charge is 0.354 e. The number of carbonyl (C=O) groups is 1. The summed E-state index contributed by atoms with van der Waals surface area (Å²) in [5, 5.41) is 14.0. The zero-order chi connectivity index (χ0) is 19.7. The van der Waals surface area contributed by atoms with Crippen LogP contribution in [0.4, 0.5) is 5.69 Å². The van der Waals surface area contributed by atoms with Crippen LogP contribution in [-0.4, -0.2) is 47.9 Å². The van der Waals surface area contributed by atoms with E-state index >= 15 is 0 Å². The lowest BCUT2D eigenvalue weighted by Crippen LogP contribution is -2.31. The molecule has 3 aromatic rings. The molecular formula is C18H18Cl2N4O4. The Kier molecular flexibility index (Phi) is 6.60. The van der Waals surface area contributed by atoms with E-state index in [0.29, 0.717) is 24.1 Å². The van der Waals surface area contributed by atoms with Gasteiger partial charge in [0.2, 0.25) is 0 Å². The number of carbonyl (C=O) groups excluding carboxylic acids is 1. The van der Waals surface area contributed by atoms with Crippen LogP contribution in [0.5, 0.6) is 0 Å². The van der Waals surface area contributed by atoms with Gasteiger partial charge in [-0.15, -0.1) is 12.4 Å². The summed E-state index contributed by atoms with van der Waals surface area (Å²) >= 11 is 6.36. The molecule has 2 N–H and O–H groups in total. The number of halogens is 2. The lowest BCUT2D eigenvalue weighted by atomic mass is 10.1. The van der Waals surface area contributed by atoms with Crippen molar-refractivity contribution >= 4 is 57.4 Å². The van der Waals surface area contributed by atoms with Gasteiger partial charge < -0.3 is 15.2 Å². The van der Waals surface area contributed by atoms with Crippen LogP contribution in [-0.2, 0) is 0 Å². The van der Waals surface area contributed by atoms with E-state index in [9.17, 15) is 19.7 Å². The lowest BCUT2D eigenvalue weighted by Gasteiger charge is -2.12. The SMILES string of the molecule is CN(C)CCNC(=O)c1ccc2[nH]c3ccc([N+](=O)[O-])cc3c(=O)c2c1Cl.Cl. The number of nitro groups is 1. The van der Waals surface area contributed by atoms with Gasteiger partial charge in [-0.25, -0.2) is 0 Å². The minimum Gasteiger partial charge on any atom is -0.354 e. The normalized spacial score (nSPS) is 10.9. The number of hydrogen-bond acceptors (Lipinski definition) is 5. The fourth-order valence-electron chi connectivity index (χ4n) is 2.79. The molecule has 1 aromatic heterocycles. The van der Waals surface area contributed by atoms with Crippen LogP contribution in [0.3, 0.4) is 0 Å². The predicted octanol–water partition coefficient (Wildman–Crippen LogP) is 2.96. The van der Waals surface area contributed by atoms with Crippen molar-refractivity contribution in [2.75, 3.05) is 27.2 Å². The first-order chi connectivity index (χ1) is 12.8. The van der Waals surface area contributed by atoms with Crippen LogP contribution in [0.2, 0.25) is 5.02 Å². The molecule has 0 atom stereocenters. The number of H-pyrrole nitrogens is 1. The molecule has 10 heteroatoms. The summed E-state index contributed by atoms with van der Waals surface area (Å²) in [6, 6.07) is 7.14. The van der Waals surface area contributed by atoms with E-state index in [2.05, 4.69) is 10.3 Å². The number of nitro benzene ring substituents is 1. The monoisotopic (exact) mass is 424 g/mol. The van der Waals surface area contributed by atoms with E-state index < -0.39 is 10.4 Å². The molecular weight excluding hydrogens is 407 g/mol. The van der Waals surface area contributed by atoms with Crippen molar-refractivity contribution in [3.05, 3.63) is 61.3 Å². The van der Waals surface area contributed by atoms with E-state index in [1.165, 1.54) is 18.2 Å². The highest BCUT2D eigenvalue weighted by molar-refractivity contribution is 6.38. The number of non-ortho nitro benzene ring substituents is 1. The molecule has 0 bridgehead atoms. The zero-order valence-corrected chi connectivity index (χ0v) is 16.7. The van der Waals surface area contributed by atoms with Crippen molar-refractivity contribution in [3.8, 4) is 0 Å². The van der Waals surface area contributed by atoms with Gasteiger partial charge in [-0.3, -0.25) is 19.7 Å². The number of fused-ring (bicyclic) bond motifs is 2. The maximum atomic E-state index is 12.9. The Balaban J connectivity index is 0.00000280. The standard InChI is InChI=1S/C18H17ClN4O4.ClH/c1-22(2)8-7-20-18(25)11-4-6-14-15(16(11)19)17(24)12-9-10(23(26)27)3-5-13(12)21-14;/h3-6,9H,7-8H2,1-2H3,(H,20,25)(H,21,24);1H. The van der Waals surface area contributed by atoms with Crippen LogP contribution in [0.1, 0.15) is 10.4 Å². The molecule has 0 spiro atoms. The second-order valence-electron chi connectivity index (χ2n) is 6.35. The van der Waals surface area contributed by atoms with Crippen LogP contribution < -0.4 is 10.7 Å². The highest BCUT2D eigenvalue weighted by Crippen LogP contribution is 2.27. The van der Waals surface area contributed by atoms with Gasteiger partial charge in [0.1, 0.15) is 0 Å². The topological polar surface area (TPSA) is 108 Å². The molecule has 0 fully saturated rings. The van der Waals surface area contributed by atoms with Gasteiger partial charge in [0, 0.05) is 25.2 Å². The van der Waals surface area contributed by atoms with Crippen molar-refractivity contribution < 1.29 is 9.72 Å². The smallest absolute Gasteiger partial charge is 0.270 e. The molecule has 1 amide bonds. The van der Waals surface area contributed by atoms with Crippen molar-refractivity contribution in [1.82, 2.24) is 15.2 Å². The number of aromatic nitrogens is 1. The average molecular weight is 425 g/mol. The second-order valence-corrected chi connectivity index (χ2v) is 6.73. The van der Waals surface area contributed by atoms with Gasteiger partial charge >= 0.3 is 0 Å². The minimum atomic E-state index is -0.570. The van der Waals surface area contributed by atoms with E-state index in [-0.39, 0.29) is 45.4 Å². The maximum Gasteiger partial charge on any atom is 0.270 e. The quantitative estimate of drug-likeness (QED) is 0.371. The number of rotatable bonds is 5. The third-order valence-electron chi connectivity index (χ3n) is 4.19. The molecule has 148 valence electrons. The highest BCUT2D eigenvalue weighted by Gasteiger charge is 2.18. The predicted molar refractivity (Wildman–Crippen MR) is 112 cm³/mol. The van der Waals surface area contributed by atoms with Crippen molar-refractivity contribution in [1.29, 1.82) is 0 Å². The molecule has 0 radical (unpaired) electrons. The summed E-state index contributed by atoms with van der Waals surface area (Å²) in [5.74, 6) is -0.387. The van der Waals surface area contributed by atoms with E-state index in [1.54, 1.807) is 12.1 Å². The number of amides is 1. The zero-order valence-electron chi connectivity index (χ0n) is 15.1. The maximum absolute atomic E-state index is 12.9. The molecule has 0 saturated carbocycles. The third-order valence-corrected chi connectivity index (χ3v) is 4.58. The summed E-state index contributed by atoms with van der Waals surface area (Å²) in [6.07, 6.45) is 0. The molecule has 3 rings (SSSR count). The van der Waals surface area contributed by atoms with Gasteiger partial charge in [0.05, 0.1) is 37.3 Å². The Morgan fingerprint density at radius 1 is 1.25 bits per heavy atom. The van der Waals surface area contributed by atoms with Crippen LogP contribution in [0, 0.1) is 10.1 Å². The molecule has 8 nitrogen and oxygen atoms in total. The van der Waals surface area contributed by atoms with Crippen LogP contribution in [0.15, 0.2) is 35.1 Å². The lowest BCUT2D eigenvalue weighted by molar-refractivity contribution is -0.384. The Hall–Kier alpha value is -2.68. The molecule has 0 aliphatic carbocycles. The molecule has 0 saturated heterocycles. The summed E-state index contributed by atoms with van der Waals surface area (Å²) < 4.78 is 0. The van der Waals surface area contributed by atoms with E-state index in [1.807, 2.05) is 19.0 Å². The van der Waals surface area contributed by atoms with Gasteiger partial charge in [-0.1, -0.05) is 11.6 Å². The number of hydrogen-bond donors (Lipinski definition) is 2. The van der Waals surface area contributed by atoms with Crippen LogP contribution >= 0.6 is 24.0 Å². The Bertz CT molecular complexity index is 1130. The van der Waals surface area contributed by atoms with Gasteiger partial charge in [0.25, 0.3) is 11.6 Å². The van der Waals surface area contributed by atoms with Crippen LogP contribution in [0.25, 0.3) is 21.8 Å². The highest BCUT2D eigenvalue weighted by atomic mass is 35.5. The number of benzene rings is 2. The molecule has 0 unspecified atom stereocenters.